The largest absolute Gasteiger partial charge is 0.444 e. The maximum Gasteiger partial charge on any atom is 0.407 e. The van der Waals surface area contributed by atoms with E-state index in [0.29, 0.717) is 29.1 Å². The van der Waals surface area contributed by atoms with Gasteiger partial charge in [-0.1, -0.05) is 23.4 Å². The molecule has 1 rings (SSSR count). The number of rotatable bonds is 2. The van der Waals surface area contributed by atoms with Gasteiger partial charge in [0, 0.05) is 18.5 Å². The molecule has 0 aliphatic heterocycles. The Hall–Kier alpha value is -2.17. The van der Waals surface area contributed by atoms with Crippen molar-refractivity contribution in [3.63, 3.8) is 0 Å². The van der Waals surface area contributed by atoms with Gasteiger partial charge in [0.25, 0.3) is 0 Å². The van der Waals surface area contributed by atoms with E-state index in [2.05, 4.69) is 17.2 Å². The Bertz CT molecular complexity index is 616. The lowest BCUT2D eigenvalue weighted by Gasteiger charge is -2.19. The van der Waals surface area contributed by atoms with E-state index in [1.807, 2.05) is 6.07 Å². The van der Waals surface area contributed by atoms with Gasteiger partial charge in [0.2, 0.25) is 0 Å². The molecular weight excluding hydrogens is 288 g/mol. The molecule has 0 spiro atoms. The molecule has 0 heterocycles. The molecule has 110 valence electrons. The van der Waals surface area contributed by atoms with Crippen LogP contribution >= 0.6 is 11.6 Å². The van der Waals surface area contributed by atoms with Crippen molar-refractivity contribution in [3.8, 4) is 17.9 Å². The minimum Gasteiger partial charge on any atom is -0.444 e. The lowest BCUT2D eigenvalue weighted by molar-refractivity contribution is 0.0529. The van der Waals surface area contributed by atoms with E-state index in [-0.39, 0.29) is 0 Å². The Morgan fingerprint density at radius 1 is 1.43 bits per heavy atom. The summed E-state index contributed by atoms with van der Waals surface area (Å²) in [5.74, 6) is 5.81. The fourth-order valence-corrected chi connectivity index (χ4v) is 1.61. The van der Waals surface area contributed by atoms with Crippen molar-refractivity contribution in [2.24, 2.45) is 0 Å². The molecule has 4 nitrogen and oxygen atoms in total. The minimum absolute atomic E-state index is 0.399. The monoisotopic (exact) mass is 304 g/mol. The van der Waals surface area contributed by atoms with Crippen LogP contribution < -0.4 is 5.32 Å². The highest BCUT2D eigenvalue weighted by atomic mass is 35.5. The zero-order valence-corrected chi connectivity index (χ0v) is 13.0. The lowest BCUT2D eigenvalue weighted by atomic mass is 10.1. The van der Waals surface area contributed by atoms with Crippen molar-refractivity contribution >= 4 is 17.7 Å². The quantitative estimate of drug-likeness (QED) is 0.672. The zero-order chi connectivity index (χ0) is 15.9. The summed E-state index contributed by atoms with van der Waals surface area (Å²) in [5, 5.41) is 11.8. The summed E-state index contributed by atoms with van der Waals surface area (Å²) in [7, 11) is 0. The maximum atomic E-state index is 11.4. The number of nitrogens with one attached hydrogen (secondary N) is 1. The highest BCUT2D eigenvalue weighted by molar-refractivity contribution is 6.31. The Balaban J connectivity index is 2.44. The molecule has 0 aromatic heterocycles. The topological polar surface area (TPSA) is 62.1 Å². The van der Waals surface area contributed by atoms with Crippen molar-refractivity contribution in [1.29, 1.82) is 5.26 Å². The van der Waals surface area contributed by atoms with Crippen LogP contribution in [0, 0.1) is 23.2 Å². The van der Waals surface area contributed by atoms with E-state index in [9.17, 15) is 4.79 Å². The number of alkyl carbamates (subject to hydrolysis) is 1. The van der Waals surface area contributed by atoms with Crippen LogP contribution in [0.2, 0.25) is 5.02 Å². The van der Waals surface area contributed by atoms with Gasteiger partial charge in [-0.2, -0.15) is 5.26 Å². The number of ether oxygens (including phenoxy) is 1. The molecule has 0 atom stereocenters. The first-order chi connectivity index (χ1) is 9.81. The summed E-state index contributed by atoms with van der Waals surface area (Å²) in [4.78, 5) is 11.4. The molecule has 1 aromatic rings. The number of amides is 1. The van der Waals surface area contributed by atoms with Crippen LogP contribution in [0.25, 0.3) is 0 Å². The van der Waals surface area contributed by atoms with Crippen LogP contribution in [0.1, 0.15) is 38.3 Å². The molecule has 1 amide bonds. The number of nitriles is 1. The Kier molecular flexibility index (Phi) is 6.09. The Morgan fingerprint density at radius 2 is 2.14 bits per heavy atom. The predicted molar refractivity (Wildman–Crippen MR) is 81.9 cm³/mol. The number of hydrogen-bond acceptors (Lipinski definition) is 3. The molecule has 0 saturated carbocycles. The fraction of sp³-hybridized carbons (Fsp3) is 0.375. The van der Waals surface area contributed by atoms with E-state index >= 15 is 0 Å². The highest BCUT2D eigenvalue weighted by Crippen LogP contribution is 2.16. The zero-order valence-electron chi connectivity index (χ0n) is 12.3. The highest BCUT2D eigenvalue weighted by Gasteiger charge is 2.15. The SMILES string of the molecule is CC(C)(C)OC(=O)NCCC#Cc1ccc(C#N)cc1Cl. The summed E-state index contributed by atoms with van der Waals surface area (Å²) < 4.78 is 5.10. The standard InChI is InChI=1S/C16H17ClN2O2/c1-16(2,3)21-15(20)19-9-5-4-6-13-8-7-12(11-18)10-14(13)17/h7-8,10H,5,9H2,1-3H3,(H,19,20). The van der Waals surface area contributed by atoms with Gasteiger partial charge in [-0.3, -0.25) is 0 Å². The molecule has 0 saturated heterocycles. The van der Waals surface area contributed by atoms with Gasteiger partial charge in [-0.05, 0) is 39.0 Å². The summed E-state index contributed by atoms with van der Waals surface area (Å²) in [6.07, 6.45) is 0.0240. The average molecular weight is 305 g/mol. The first kappa shape index (κ1) is 16.9. The van der Waals surface area contributed by atoms with Gasteiger partial charge in [0.15, 0.2) is 0 Å². The molecule has 0 radical (unpaired) electrons. The second kappa shape index (κ2) is 7.57. The number of nitrogens with zero attached hydrogens (tertiary/aromatic N) is 1. The lowest BCUT2D eigenvalue weighted by Crippen LogP contribution is -2.32. The first-order valence-corrected chi connectivity index (χ1v) is 6.85. The number of carbonyl (C=O) groups excluding carboxylic acids is 1. The van der Waals surface area contributed by atoms with E-state index < -0.39 is 11.7 Å². The summed E-state index contributed by atoms with van der Waals surface area (Å²) >= 11 is 6.00. The average Bonchev–Trinajstić information content (AvgIpc) is 2.37. The number of hydrogen-bond donors (Lipinski definition) is 1. The third-order valence-electron chi connectivity index (χ3n) is 2.24. The molecule has 0 fully saturated rings. The number of carbonyl (C=O) groups is 1. The van der Waals surface area contributed by atoms with Gasteiger partial charge >= 0.3 is 6.09 Å². The van der Waals surface area contributed by atoms with E-state index in [0.717, 1.165) is 0 Å². The van der Waals surface area contributed by atoms with Crippen LogP contribution in [0.4, 0.5) is 4.79 Å². The fourth-order valence-electron chi connectivity index (χ4n) is 1.38. The molecule has 1 aromatic carbocycles. The molecule has 0 unspecified atom stereocenters. The van der Waals surface area contributed by atoms with E-state index in [1.165, 1.54) is 0 Å². The van der Waals surface area contributed by atoms with E-state index in [1.54, 1.807) is 39.0 Å². The molecule has 0 aliphatic carbocycles. The maximum absolute atomic E-state index is 11.4. The van der Waals surface area contributed by atoms with Crippen LogP contribution in [-0.4, -0.2) is 18.2 Å². The van der Waals surface area contributed by atoms with Crippen LogP contribution in [0.5, 0.6) is 0 Å². The third-order valence-corrected chi connectivity index (χ3v) is 2.55. The van der Waals surface area contributed by atoms with E-state index in [4.69, 9.17) is 21.6 Å². The second-order valence-corrected chi connectivity index (χ2v) is 5.69. The van der Waals surface area contributed by atoms with Gasteiger partial charge < -0.3 is 10.1 Å². The van der Waals surface area contributed by atoms with Crippen molar-refractivity contribution in [1.82, 2.24) is 5.32 Å². The smallest absolute Gasteiger partial charge is 0.407 e. The van der Waals surface area contributed by atoms with Gasteiger partial charge in [-0.25, -0.2) is 4.79 Å². The van der Waals surface area contributed by atoms with Crippen molar-refractivity contribution in [2.75, 3.05) is 6.54 Å². The van der Waals surface area contributed by atoms with Gasteiger partial charge in [-0.15, -0.1) is 0 Å². The normalized spacial score (nSPS) is 10.0. The van der Waals surface area contributed by atoms with Crippen molar-refractivity contribution in [3.05, 3.63) is 34.3 Å². The van der Waals surface area contributed by atoms with Crippen LogP contribution in [0.3, 0.4) is 0 Å². The van der Waals surface area contributed by atoms with Crippen LogP contribution in [-0.2, 0) is 4.74 Å². The molecule has 0 aliphatic rings. The predicted octanol–water partition coefficient (Wildman–Crippen LogP) is 3.48. The molecule has 5 heteroatoms. The van der Waals surface area contributed by atoms with Crippen LogP contribution in [0.15, 0.2) is 18.2 Å². The molecular formula is C16H17ClN2O2. The second-order valence-electron chi connectivity index (χ2n) is 5.29. The van der Waals surface area contributed by atoms with Crippen molar-refractivity contribution in [2.45, 2.75) is 32.8 Å². The Labute approximate surface area is 130 Å². The number of halogens is 1. The molecule has 21 heavy (non-hydrogen) atoms. The van der Waals surface area contributed by atoms with Crippen molar-refractivity contribution < 1.29 is 9.53 Å². The summed E-state index contributed by atoms with van der Waals surface area (Å²) in [5.41, 5.74) is 0.649. The number of benzene rings is 1. The summed E-state index contributed by atoms with van der Waals surface area (Å²) in [6.45, 7) is 5.81. The third kappa shape index (κ3) is 6.70. The first-order valence-electron chi connectivity index (χ1n) is 6.47. The van der Waals surface area contributed by atoms with Gasteiger partial charge in [0.05, 0.1) is 16.7 Å². The summed E-state index contributed by atoms with van der Waals surface area (Å²) in [6, 6.07) is 6.95. The molecule has 1 N–H and O–H groups in total. The molecule has 0 bridgehead atoms. The Morgan fingerprint density at radius 3 is 2.71 bits per heavy atom. The van der Waals surface area contributed by atoms with Gasteiger partial charge in [0.1, 0.15) is 5.60 Å². The minimum atomic E-state index is -0.508.